The second-order valence-corrected chi connectivity index (χ2v) is 7.31. The third-order valence-corrected chi connectivity index (χ3v) is 5.43. The van der Waals surface area contributed by atoms with Crippen molar-refractivity contribution in [2.24, 2.45) is 0 Å². The molecule has 1 aromatic rings. The summed E-state index contributed by atoms with van der Waals surface area (Å²) in [5.41, 5.74) is 3.88. The van der Waals surface area contributed by atoms with Crippen molar-refractivity contribution < 1.29 is 5.11 Å². The maximum atomic E-state index is 11.0. The van der Waals surface area contributed by atoms with Crippen LogP contribution < -0.4 is 0 Å². The molecule has 2 atom stereocenters. The second-order valence-electron chi connectivity index (χ2n) is 7.31. The highest BCUT2D eigenvalue weighted by atomic mass is 16.3. The molecule has 2 heteroatoms. The standard InChI is InChI=1S/C18H25NO/c1-13-10-18(20,12-19(13)17-7-8-17)11-14-5-6-15-3-2-4-16(15)9-14/h5-6,9,13,17,20H,2-4,7-8,10-12H2,1H3. The summed E-state index contributed by atoms with van der Waals surface area (Å²) in [4.78, 5) is 2.54. The number of rotatable bonds is 3. The van der Waals surface area contributed by atoms with Crippen LogP contribution in [0.1, 0.15) is 49.3 Å². The van der Waals surface area contributed by atoms with Crippen molar-refractivity contribution in [3.8, 4) is 0 Å². The molecule has 20 heavy (non-hydrogen) atoms. The van der Waals surface area contributed by atoms with Crippen LogP contribution in [0.15, 0.2) is 18.2 Å². The first-order valence-corrected chi connectivity index (χ1v) is 8.22. The summed E-state index contributed by atoms with van der Waals surface area (Å²) >= 11 is 0. The minimum absolute atomic E-state index is 0.505. The summed E-state index contributed by atoms with van der Waals surface area (Å²) in [7, 11) is 0. The van der Waals surface area contributed by atoms with E-state index in [0.29, 0.717) is 6.04 Å². The lowest BCUT2D eigenvalue weighted by Gasteiger charge is -2.24. The minimum Gasteiger partial charge on any atom is -0.388 e. The van der Waals surface area contributed by atoms with Crippen molar-refractivity contribution >= 4 is 0 Å². The summed E-state index contributed by atoms with van der Waals surface area (Å²) in [6.07, 6.45) is 8.20. The maximum Gasteiger partial charge on any atom is 0.0829 e. The Morgan fingerprint density at radius 1 is 1.25 bits per heavy atom. The molecule has 0 spiro atoms. The third-order valence-electron chi connectivity index (χ3n) is 5.43. The smallest absolute Gasteiger partial charge is 0.0829 e. The first kappa shape index (κ1) is 12.8. The lowest BCUT2D eigenvalue weighted by molar-refractivity contribution is 0.0487. The van der Waals surface area contributed by atoms with E-state index in [2.05, 4.69) is 30.0 Å². The zero-order valence-corrected chi connectivity index (χ0v) is 12.4. The number of likely N-dealkylation sites (tertiary alicyclic amines) is 1. The number of nitrogens with zero attached hydrogens (tertiary/aromatic N) is 1. The van der Waals surface area contributed by atoms with Crippen molar-refractivity contribution in [2.75, 3.05) is 6.54 Å². The molecule has 0 aromatic heterocycles. The van der Waals surface area contributed by atoms with E-state index in [1.165, 1.54) is 48.8 Å². The average molecular weight is 271 g/mol. The summed E-state index contributed by atoms with van der Waals surface area (Å²) in [5, 5.41) is 11.0. The van der Waals surface area contributed by atoms with Crippen LogP contribution in [-0.4, -0.2) is 34.2 Å². The first-order valence-electron chi connectivity index (χ1n) is 8.22. The molecule has 4 rings (SSSR count). The largest absolute Gasteiger partial charge is 0.388 e. The fraction of sp³-hybridized carbons (Fsp3) is 0.667. The van der Waals surface area contributed by atoms with Gasteiger partial charge in [0.1, 0.15) is 0 Å². The van der Waals surface area contributed by atoms with Crippen molar-refractivity contribution in [3.05, 3.63) is 34.9 Å². The Morgan fingerprint density at radius 3 is 2.85 bits per heavy atom. The zero-order valence-electron chi connectivity index (χ0n) is 12.4. The molecule has 1 aromatic carbocycles. The van der Waals surface area contributed by atoms with Gasteiger partial charge in [0, 0.05) is 25.0 Å². The molecular formula is C18H25NO. The number of fused-ring (bicyclic) bond motifs is 1. The molecule has 1 saturated heterocycles. The van der Waals surface area contributed by atoms with Gasteiger partial charge in [-0.2, -0.15) is 0 Å². The Labute approximate surface area is 121 Å². The lowest BCUT2D eigenvalue weighted by Crippen LogP contribution is -2.36. The van der Waals surface area contributed by atoms with Gasteiger partial charge in [-0.05, 0) is 62.1 Å². The van der Waals surface area contributed by atoms with Crippen LogP contribution in [0, 0.1) is 0 Å². The van der Waals surface area contributed by atoms with Gasteiger partial charge in [0.15, 0.2) is 0 Å². The van der Waals surface area contributed by atoms with Gasteiger partial charge in [0.2, 0.25) is 0 Å². The number of benzene rings is 1. The SMILES string of the molecule is CC1CC(O)(Cc2ccc3c(c2)CCC3)CN1C1CC1. The van der Waals surface area contributed by atoms with Gasteiger partial charge in [-0.3, -0.25) is 4.90 Å². The van der Waals surface area contributed by atoms with Gasteiger partial charge in [-0.1, -0.05) is 18.2 Å². The quantitative estimate of drug-likeness (QED) is 0.913. The van der Waals surface area contributed by atoms with E-state index in [1.807, 2.05) is 0 Å². The van der Waals surface area contributed by atoms with Crippen LogP contribution in [0.25, 0.3) is 0 Å². The van der Waals surface area contributed by atoms with Gasteiger partial charge < -0.3 is 5.11 Å². The molecule has 2 aliphatic carbocycles. The summed E-state index contributed by atoms with van der Waals surface area (Å²) < 4.78 is 0. The Kier molecular flexibility index (Phi) is 2.94. The predicted molar refractivity (Wildman–Crippen MR) is 80.9 cm³/mol. The van der Waals surface area contributed by atoms with Crippen molar-refractivity contribution in [2.45, 2.75) is 69.6 Å². The van der Waals surface area contributed by atoms with Crippen molar-refractivity contribution in [3.63, 3.8) is 0 Å². The molecule has 0 amide bonds. The monoisotopic (exact) mass is 271 g/mol. The molecule has 2 nitrogen and oxygen atoms in total. The van der Waals surface area contributed by atoms with Gasteiger partial charge in [-0.25, -0.2) is 0 Å². The Bertz CT molecular complexity index is 522. The molecule has 3 aliphatic rings. The molecule has 1 heterocycles. The molecule has 1 N–H and O–H groups in total. The molecule has 1 aliphatic heterocycles. The fourth-order valence-corrected chi connectivity index (χ4v) is 4.37. The van der Waals surface area contributed by atoms with Crippen LogP contribution in [-0.2, 0) is 19.3 Å². The number of aliphatic hydroxyl groups is 1. The number of aryl methyl sites for hydroxylation is 2. The lowest BCUT2D eigenvalue weighted by atomic mass is 9.91. The van der Waals surface area contributed by atoms with Gasteiger partial charge >= 0.3 is 0 Å². The van der Waals surface area contributed by atoms with Crippen LogP contribution in [0.5, 0.6) is 0 Å². The topological polar surface area (TPSA) is 23.5 Å². The normalized spacial score (nSPS) is 33.6. The van der Waals surface area contributed by atoms with E-state index < -0.39 is 5.60 Å². The van der Waals surface area contributed by atoms with Gasteiger partial charge in [-0.15, -0.1) is 0 Å². The predicted octanol–water partition coefficient (Wildman–Crippen LogP) is 2.71. The van der Waals surface area contributed by atoms with E-state index in [9.17, 15) is 5.11 Å². The summed E-state index contributed by atoms with van der Waals surface area (Å²) in [5.74, 6) is 0. The minimum atomic E-state index is -0.505. The molecule has 2 unspecified atom stereocenters. The van der Waals surface area contributed by atoms with Crippen LogP contribution >= 0.6 is 0 Å². The van der Waals surface area contributed by atoms with Crippen molar-refractivity contribution in [1.82, 2.24) is 4.90 Å². The Hall–Kier alpha value is -0.860. The number of β-amino-alcohol motifs (C(OH)–C–C–N with tert-alkyl or cyclic N) is 1. The summed E-state index contributed by atoms with van der Waals surface area (Å²) in [6, 6.07) is 8.19. The highest BCUT2D eigenvalue weighted by Gasteiger charge is 2.45. The second kappa shape index (κ2) is 4.57. The maximum absolute atomic E-state index is 11.0. The molecule has 1 saturated carbocycles. The summed E-state index contributed by atoms with van der Waals surface area (Å²) in [6.45, 7) is 3.15. The molecule has 0 bridgehead atoms. The highest BCUT2D eigenvalue weighted by molar-refractivity contribution is 5.36. The van der Waals surface area contributed by atoms with Gasteiger partial charge in [0.05, 0.1) is 5.60 Å². The first-order chi connectivity index (χ1) is 9.63. The third kappa shape index (κ3) is 2.29. The van der Waals surface area contributed by atoms with E-state index in [1.54, 1.807) is 0 Å². The highest BCUT2D eigenvalue weighted by Crippen LogP contribution is 2.38. The van der Waals surface area contributed by atoms with E-state index in [-0.39, 0.29) is 0 Å². The van der Waals surface area contributed by atoms with Crippen LogP contribution in [0.2, 0.25) is 0 Å². The van der Waals surface area contributed by atoms with E-state index >= 15 is 0 Å². The van der Waals surface area contributed by atoms with E-state index in [4.69, 9.17) is 0 Å². The van der Waals surface area contributed by atoms with E-state index in [0.717, 1.165) is 25.4 Å². The van der Waals surface area contributed by atoms with Crippen molar-refractivity contribution in [1.29, 1.82) is 0 Å². The molecule has 108 valence electrons. The van der Waals surface area contributed by atoms with Crippen LogP contribution in [0.3, 0.4) is 0 Å². The Balaban J connectivity index is 1.50. The average Bonchev–Trinajstić information content (AvgIpc) is 3.06. The zero-order chi connectivity index (χ0) is 13.7. The van der Waals surface area contributed by atoms with Gasteiger partial charge in [0.25, 0.3) is 0 Å². The Morgan fingerprint density at radius 2 is 2.05 bits per heavy atom. The number of hydrogen-bond acceptors (Lipinski definition) is 2. The van der Waals surface area contributed by atoms with Crippen LogP contribution in [0.4, 0.5) is 0 Å². The number of hydrogen-bond donors (Lipinski definition) is 1. The molecule has 0 radical (unpaired) electrons. The molecule has 2 fully saturated rings. The fourth-order valence-electron chi connectivity index (χ4n) is 4.37. The molecular weight excluding hydrogens is 246 g/mol.